The van der Waals surface area contributed by atoms with Gasteiger partial charge in [-0.15, -0.1) is 11.3 Å². The van der Waals surface area contributed by atoms with Crippen molar-refractivity contribution < 1.29 is 4.79 Å². The number of aryl methyl sites for hydroxylation is 2. The third-order valence-corrected chi connectivity index (χ3v) is 4.39. The van der Waals surface area contributed by atoms with E-state index in [9.17, 15) is 4.79 Å². The average molecular weight is 303 g/mol. The molecule has 0 saturated carbocycles. The van der Waals surface area contributed by atoms with Gasteiger partial charge in [0.2, 0.25) is 0 Å². The third kappa shape index (κ3) is 4.12. The average Bonchev–Trinajstić information content (AvgIpc) is 2.81. The molecule has 0 aliphatic heterocycles. The van der Waals surface area contributed by atoms with E-state index < -0.39 is 0 Å². The number of carbonyl (C=O) groups excluding carboxylic acids is 1. The van der Waals surface area contributed by atoms with E-state index in [1.165, 1.54) is 0 Å². The highest BCUT2D eigenvalue weighted by atomic mass is 32.1. The van der Waals surface area contributed by atoms with E-state index in [0.29, 0.717) is 6.54 Å². The Kier molecular flexibility index (Phi) is 5.47. The van der Waals surface area contributed by atoms with E-state index in [4.69, 9.17) is 0 Å². The van der Waals surface area contributed by atoms with Crippen molar-refractivity contribution in [1.29, 1.82) is 0 Å². The van der Waals surface area contributed by atoms with Crippen LogP contribution in [0, 0.1) is 13.8 Å². The highest BCUT2D eigenvalue weighted by Crippen LogP contribution is 2.17. The minimum atomic E-state index is -0.0212. The molecule has 0 aliphatic carbocycles. The summed E-state index contributed by atoms with van der Waals surface area (Å²) >= 11 is 1.63. The largest absolute Gasteiger partial charge is 0.347 e. The summed E-state index contributed by atoms with van der Waals surface area (Å²) < 4.78 is 0. The number of rotatable bonds is 6. The van der Waals surface area contributed by atoms with Crippen molar-refractivity contribution in [3.63, 3.8) is 0 Å². The fourth-order valence-electron chi connectivity index (χ4n) is 2.21. The number of thiazole rings is 1. The quantitative estimate of drug-likeness (QED) is 0.862. The normalized spacial score (nSPS) is 10.6. The first-order chi connectivity index (χ1) is 10.1. The maximum absolute atomic E-state index is 12.4. The molecule has 0 aliphatic rings. The summed E-state index contributed by atoms with van der Waals surface area (Å²) in [6, 6.07) is 7.76. The minimum absolute atomic E-state index is 0.0212. The lowest BCUT2D eigenvalue weighted by Gasteiger charge is -2.09. The SMILES string of the molecule is CNCCc1ccccc1C(=O)NCc1sc(C)nc1C. The molecule has 0 bridgehead atoms. The van der Waals surface area contributed by atoms with Gasteiger partial charge in [-0.05, 0) is 45.5 Å². The van der Waals surface area contributed by atoms with Gasteiger partial charge < -0.3 is 10.6 Å². The molecule has 1 aromatic heterocycles. The van der Waals surface area contributed by atoms with Crippen LogP contribution in [0.1, 0.15) is 31.5 Å². The summed E-state index contributed by atoms with van der Waals surface area (Å²) in [6.45, 7) is 5.36. The Balaban J connectivity index is 2.05. The van der Waals surface area contributed by atoms with Gasteiger partial charge in [-0.25, -0.2) is 4.98 Å². The lowest BCUT2D eigenvalue weighted by atomic mass is 10.0. The second-order valence-corrected chi connectivity index (χ2v) is 6.22. The van der Waals surface area contributed by atoms with Crippen molar-refractivity contribution in [3.05, 3.63) is 51.0 Å². The first-order valence-electron chi connectivity index (χ1n) is 7.05. The van der Waals surface area contributed by atoms with Crippen molar-refractivity contribution in [2.45, 2.75) is 26.8 Å². The standard InChI is InChI=1S/C16H21N3OS/c1-11-15(21-12(2)19-11)10-18-16(20)14-7-5-4-6-13(14)8-9-17-3/h4-7,17H,8-10H2,1-3H3,(H,18,20). The Bertz CT molecular complexity index is 622. The third-order valence-electron chi connectivity index (χ3n) is 3.32. The Morgan fingerprint density at radius 2 is 2.05 bits per heavy atom. The lowest BCUT2D eigenvalue weighted by molar-refractivity contribution is 0.0950. The van der Waals surface area contributed by atoms with Gasteiger partial charge in [-0.3, -0.25) is 4.79 Å². The summed E-state index contributed by atoms with van der Waals surface area (Å²) in [4.78, 5) is 17.9. The van der Waals surface area contributed by atoms with Crippen molar-refractivity contribution in [2.75, 3.05) is 13.6 Å². The van der Waals surface area contributed by atoms with E-state index in [1.54, 1.807) is 11.3 Å². The number of carbonyl (C=O) groups is 1. The molecule has 4 nitrogen and oxygen atoms in total. The van der Waals surface area contributed by atoms with Crippen molar-refractivity contribution in [1.82, 2.24) is 15.6 Å². The molecule has 112 valence electrons. The summed E-state index contributed by atoms with van der Waals surface area (Å²) in [5.74, 6) is -0.0212. The molecule has 5 heteroatoms. The van der Waals surface area contributed by atoms with Crippen LogP contribution in [0.4, 0.5) is 0 Å². The van der Waals surface area contributed by atoms with Crippen LogP contribution in [0.15, 0.2) is 24.3 Å². The smallest absolute Gasteiger partial charge is 0.251 e. The molecule has 2 N–H and O–H groups in total. The molecule has 0 fully saturated rings. The van der Waals surface area contributed by atoms with Crippen molar-refractivity contribution in [3.8, 4) is 0 Å². The molecule has 21 heavy (non-hydrogen) atoms. The zero-order chi connectivity index (χ0) is 15.2. The summed E-state index contributed by atoms with van der Waals surface area (Å²) in [5.41, 5.74) is 2.83. The number of hydrogen-bond acceptors (Lipinski definition) is 4. The number of nitrogens with one attached hydrogen (secondary N) is 2. The molecule has 0 radical (unpaired) electrons. The van der Waals surface area contributed by atoms with Gasteiger partial charge >= 0.3 is 0 Å². The minimum Gasteiger partial charge on any atom is -0.347 e. The topological polar surface area (TPSA) is 54.0 Å². The predicted molar refractivity (Wildman–Crippen MR) is 86.8 cm³/mol. The molecule has 1 aromatic carbocycles. The Morgan fingerprint density at radius 1 is 1.29 bits per heavy atom. The van der Waals surface area contributed by atoms with E-state index >= 15 is 0 Å². The second kappa shape index (κ2) is 7.33. The number of benzene rings is 1. The van der Waals surface area contributed by atoms with Gasteiger partial charge in [0.05, 0.1) is 17.2 Å². The summed E-state index contributed by atoms with van der Waals surface area (Å²) in [7, 11) is 1.91. The van der Waals surface area contributed by atoms with Crippen LogP contribution >= 0.6 is 11.3 Å². The first-order valence-corrected chi connectivity index (χ1v) is 7.87. The van der Waals surface area contributed by atoms with Crippen LogP contribution in [0.25, 0.3) is 0 Å². The fraction of sp³-hybridized carbons (Fsp3) is 0.375. The van der Waals surface area contributed by atoms with Gasteiger partial charge in [-0.2, -0.15) is 0 Å². The van der Waals surface area contributed by atoms with Crippen molar-refractivity contribution in [2.24, 2.45) is 0 Å². The second-order valence-electron chi connectivity index (χ2n) is 4.93. The predicted octanol–water partition coefficient (Wildman–Crippen LogP) is 2.45. The Hall–Kier alpha value is -1.72. The van der Waals surface area contributed by atoms with Crippen LogP contribution < -0.4 is 10.6 Å². The van der Waals surface area contributed by atoms with Crippen molar-refractivity contribution >= 4 is 17.2 Å². The fourth-order valence-corrected chi connectivity index (χ4v) is 3.09. The number of amides is 1. The maximum atomic E-state index is 12.4. The highest BCUT2D eigenvalue weighted by Gasteiger charge is 2.12. The van der Waals surface area contributed by atoms with Crippen LogP contribution in [0.3, 0.4) is 0 Å². The Morgan fingerprint density at radius 3 is 2.71 bits per heavy atom. The molecule has 0 spiro atoms. The number of hydrogen-bond donors (Lipinski definition) is 2. The molecular formula is C16H21N3OS. The molecule has 0 unspecified atom stereocenters. The molecule has 1 amide bonds. The van der Waals surface area contributed by atoms with Crippen LogP contribution in [0.5, 0.6) is 0 Å². The van der Waals surface area contributed by atoms with Gasteiger partial charge in [0.25, 0.3) is 5.91 Å². The lowest BCUT2D eigenvalue weighted by Crippen LogP contribution is -2.24. The number of aromatic nitrogens is 1. The Labute approximate surface area is 129 Å². The molecule has 0 saturated heterocycles. The monoisotopic (exact) mass is 303 g/mol. The maximum Gasteiger partial charge on any atom is 0.251 e. The van der Waals surface area contributed by atoms with Crippen LogP contribution in [-0.4, -0.2) is 24.5 Å². The highest BCUT2D eigenvalue weighted by molar-refractivity contribution is 7.11. The van der Waals surface area contributed by atoms with Gasteiger partial charge in [-0.1, -0.05) is 18.2 Å². The van der Waals surface area contributed by atoms with Gasteiger partial charge in [0.15, 0.2) is 0 Å². The summed E-state index contributed by atoms with van der Waals surface area (Å²) in [5, 5.41) is 7.14. The zero-order valence-electron chi connectivity index (χ0n) is 12.7. The molecule has 1 heterocycles. The van der Waals surface area contributed by atoms with E-state index in [1.807, 2.05) is 45.2 Å². The molecule has 2 rings (SSSR count). The molecular weight excluding hydrogens is 282 g/mol. The molecule has 0 atom stereocenters. The summed E-state index contributed by atoms with van der Waals surface area (Å²) in [6.07, 6.45) is 0.846. The van der Waals surface area contributed by atoms with Gasteiger partial charge in [0.1, 0.15) is 0 Å². The zero-order valence-corrected chi connectivity index (χ0v) is 13.5. The van der Waals surface area contributed by atoms with Crippen LogP contribution in [-0.2, 0) is 13.0 Å². The molecule has 2 aromatic rings. The van der Waals surface area contributed by atoms with E-state index in [-0.39, 0.29) is 5.91 Å². The van der Waals surface area contributed by atoms with E-state index in [2.05, 4.69) is 15.6 Å². The van der Waals surface area contributed by atoms with Gasteiger partial charge in [0, 0.05) is 10.4 Å². The number of nitrogens with zero attached hydrogens (tertiary/aromatic N) is 1. The van der Waals surface area contributed by atoms with Crippen LogP contribution in [0.2, 0.25) is 0 Å². The first kappa shape index (κ1) is 15.7. The number of likely N-dealkylation sites (N-methyl/N-ethyl adjacent to an activating group) is 1. The van der Waals surface area contributed by atoms with E-state index in [0.717, 1.165) is 39.7 Å².